The second-order valence-corrected chi connectivity index (χ2v) is 3.29. The van der Waals surface area contributed by atoms with Gasteiger partial charge < -0.3 is 4.90 Å². The van der Waals surface area contributed by atoms with Gasteiger partial charge in [-0.05, 0) is 18.6 Å². The fraction of sp³-hybridized carbons (Fsp3) is 0.400. The summed E-state index contributed by atoms with van der Waals surface area (Å²) < 4.78 is 0. The Balaban J connectivity index is 2.71. The van der Waals surface area contributed by atoms with E-state index in [4.69, 9.17) is 11.6 Å². The third-order valence-corrected chi connectivity index (χ3v) is 2.52. The van der Waals surface area contributed by atoms with Crippen LogP contribution in [0.25, 0.3) is 0 Å². The first-order valence-electron chi connectivity index (χ1n) is 4.17. The Morgan fingerprint density at radius 2 is 1.92 bits per heavy atom. The molecule has 0 saturated heterocycles. The van der Waals surface area contributed by atoms with Crippen LogP contribution in [0.2, 0.25) is 0 Å². The van der Waals surface area contributed by atoms with Crippen molar-refractivity contribution in [2.45, 2.75) is 18.8 Å². The van der Waals surface area contributed by atoms with E-state index >= 15 is 0 Å². The van der Waals surface area contributed by atoms with Crippen LogP contribution in [0.1, 0.15) is 13.3 Å². The van der Waals surface area contributed by atoms with Crippen LogP contribution in [-0.2, 0) is 0 Å². The van der Waals surface area contributed by atoms with Gasteiger partial charge in [-0.1, -0.05) is 36.7 Å². The molecule has 0 fully saturated rings. The lowest BCUT2D eigenvalue weighted by Crippen LogP contribution is -2.25. The van der Waals surface area contributed by atoms with Crippen molar-refractivity contribution in [2.24, 2.45) is 0 Å². The first kappa shape index (κ1) is 9.40. The lowest BCUT2D eigenvalue weighted by molar-refractivity contribution is 0.786. The highest BCUT2D eigenvalue weighted by molar-refractivity contribution is 6.21. The molecule has 0 aliphatic heterocycles. The zero-order valence-corrected chi connectivity index (χ0v) is 8.25. The molecular formula is C10H14ClN. The van der Waals surface area contributed by atoms with Crippen molar-refractivity contribution in [1.82, 2.24) is 0 Å². The second kappa shape index (κ2) is 4.36. The van der Waals surface area contributed by atoms with Crippen molar-refractivity contribution in [3.8, 4) is 0 Å². The molecule has 1 rings (SSSR count). The fourth-order valence-corrected chi connectivity index (χ4v) is 1.21. The summed E-state index contributed by atoms with van der Waals surface area (Å²) in [5, 5.41) is 0. The van der Waals surface area contributed by atoms with Gasteiger partial charge in [-0.15, -0.1) is 0 Å². The quantitative estimate of drug-likeness (QED) is 0.514. The van der Waals surface area contributed by atoms with Crippen molar-refractivity contribution in [1.29, 1.82) is 0 Å². The van der Waals surface area contributed by atoms with E-state index in [2.05, 4.69) is 24.0 Å². The third-order valence-electron chi connectivity index (χ3n) is 1.92. The molecule has 66 valence electrons. The third kappa shape index (κ3) is 2.15. The first-order chi connectivity index (χ1) is 5.75. The fourth-order valence-electron chi connectivity index (χ4n) is 1.10. The number of halogens is 1. The molecule has 0 aromatic heterocycles. The topological polar surface area (TPSA) is 3.24 Å². The van der Waals surface area contributed by atoms with E-state index in [0.29, 0.717) is 0 Å². The molecule has 0 aliphatic carbocycles. The summed E-state index contributed by atoms with van der Waals surface area (Å²) in [5.41, 5.74) is 1.26. The van der Waals surface area contributed by atoms with Gasteiger partial charge in [0.15, 0.2) is 0 Å². The van der Waals surface area contributed by atoms with Crippen molar-refractivity contribution in [3.63, 3.8) is 0 Å². The minimum atomic E-state index is 0.0902. The minimum Gasteiger partial charge on any atom is -0.358 e. The van der Waals surface area contributed by atoms with Crippen molar-refractivity contribution < 1.29 is 0 Å². The molecule has 0 bridgehead atoms. The van der Waals surface area contributed by atoms with E-state index in [1.54, 1.807) is 0 Å². The maximum absolute atomic E-state index is 6.08. The molecule has 1 aromatic rings. The van der Waals surface area contributed by atoms with E-state index in [1.807, 2.05) is 25.2 Å². The van der Waals surface area contributed by atoms with Gasteiger partial charge >= 0.3 is 0 Å². The molecular weight excluding hydrogens is 170 g/mol. The normalized spacial score (nSPS) is 12.6. The standard InChI is InChI=1S/C10H14ClN/c1-3-10(11)12(2)9-7-5-4-6-8-9/h4-8,10H,3H2,1-2H3. The summed E-state index contributed by atoms with van der Waals surface area (Å²) in [6.45, 7) is 2.08. The zero-order chi connectivity index (χ0) is 8.97. The largest absolute Gasteiger partial charge is 0.358 e. The number of hydrogen-bond acceptors (Lipinski definition) is 1. The number of rotatable bonds is 3. The molecule has 1 atom stereocenters. The van der Waals surface area contributed by atoms with E-state index in [-0.39, 0.29) is 5.50 Å². The van der Waals surface area contributed by atoms with E-state index in [0.717, 1.165) is 6.42 Å². The van der Waals surface area contributed by atoms with Crippen LogP contribution in [-0.4, -0.2) is 12.5 Å². The van der Waals surface area contributed by atoms with E-state index in [9.17, 15) is 0 Å². The molecule has 12 heavy (non-hydrogen) atoms. The van der Waals surface area contributed by atoms with Crippen LogP contribution < -0.4 is 4.90 Å². The average Bonchev–Trinajstić information content (AvgIpc) is 2.17. The molecule has 2 heteroatoms. The van der Waals surface area contributed by atoms with Crippen LogP contribution in [0.15, 0.2) is 30.3 Å². The molecule has 1 aromatic carbocycles. The van der Waals surface area contributed by atoms with Crippen LogP contribution >= 0.6 is 11.6 Å². The SMILES string of the molecule is CCC(Cl)N(C)c1ccccc1. The van der Waals surface area contributed by atoms with Gasteiger partial charge in [-0.25, -0.2) is 0 Å². The maximum Gasteiger partial charge on any atom is 0.103 e. The molecule has 0 heterocycles. The summed E-state index contributed by atoms with van der Waals surface area (Å²) in [7, 11) is 2.01. The van der Waals surface area contributed by atoms with Gasteiger partial charge in [-0.2, -0.15) is 0 Å². The Labute approximate surface area is 79.0 Å². The Morgan fingerprint density at radius 3 is 2.42 bits per heavy atom. The molecule has 0 saturated carbocycles. The van der Waals surface area contributed by atoms with Crippen molar-refractivity contribution >= 4 is 17.3 Å². The first-order valence-corrected chi connectivity index (χ1v) is 4.61. The summed E-state index contributed by atoms with van der Waals surface area (Å²) in [5.74, 6) is 0. The summed E-state index contributed by atoms with van der Waals surface area (Å²) in [6, 6.07) is 10.2. The van der Waals surface area contributed by atoms with E-state index < -0.39 is 0 Å². The number of alkyl halides is 1. The van der Waals surface area contributed by atoms with Crippen molar-refractivity contribution in [2.75, 3.05) is 11.9 Å². The maximum atomic E-state index is 6.08. The smallest absolute Gasteiger partial charge is 0.103 e. The summed E-state index contributed by atoms with van der Waals surface area (Å²) in [6.07, 6.45) is 0.951. The molecule has 1 nitrogen and oxygen atoms in total. The lowest BCUT2D eigenvalue weighted by atomic mass is 10.3. The molecule has 0 N–H and O–H groups in total. The van der Waals surface area contributed by atoms with Gasteiger partial charge in [0.05, 0.1) is 0 Å². The van der Waals surface area contributed by atoms with Gasteiger partial charge in [-0.3, -0.25) is 0 Å². The predicted octanol–water partition coefficient (Wildman–Crippen LogP) is 3.10. The van der Waals surface area contributed by atoms with Gasteiger partial charge in [0.1, 0.15) is 5.50 Å². The number of nitrogens with zero attached hydrogens (tertiary/aromatic N) is 1. The van der Waals surface area contributed by atoms with Gasteiger partial charge in [0.2, 0.25) is 0 Å². The number of para-hydroxylation sites is 1. The molecule has 0 spiro atoms. The summed E-state index contributed by atoms with van der Waals surface area (Å²) in [4.78, 5) is 2.07. The molecule has 0 radical (unpaired) electrons. The number of benzene rings is 1. The average molecular weight is 184 g/mol. The van der Waals surface area contributed by atoms with Gasteiger partial charge in [0.25, 0.3) is 0 Å². The van der Waals surface area contributed by atoms with Crippen LogP contribution in [0.3, 0.4) is 0 Å². The lowest BCUT2D eigenvalue weighted by Gasteiger charge is -2.23. The monoisotopic (exact) mass is 183 g/mol. The Kier molecular flexibility index (Phi) is 3.42. The molecule has 0 amide bonds. The minimum absolute atomic E-state index is 0.0902. The van der Waals surface area contributed by atoms with E-state index in [1.165, 1.54) is 5.69 Å². The highest BCUT2D eigenvalue weighted by Gasteiger charge is 2.07. The predicted molar refractivity (Wildman–Crippen MR) is 54.8 cm³/mol. The summed E-state index contributed by atoms with van der Waals surface area (Å²) >= 11 is 6.08. The Morgan fingerprint density at radius 1 is 1.33 bits per heavy atom. The Hall–Kier alpha value is -0.690. The highest BCUT2D eigenvalue weighted by Crippen LogP contribution is 2.17. The zero-order valence-electron chi connectivity index (χ0n) is 7.50. The number of hydrogen-bond donors (Lipinski definition) is 0. The number of anilines is 1. The van der Waals surface area contributed by atoms with Crippen molar-refractivity contribution in [3.05, 3.63) is 30.3 Å². The van der Waals surface area contributed by atoms with Crippen LogP contribution in [0.5, 0.6) is 0 Å². The molecule has 0 aliphatic rings. The van der Waals surface area contributed by atoms with Crippen LogP contribution in [0.4, 0.5) is 5.69 Å². The second-order valence-electron chi connectivity index (χ2n) is 2.79. The van der Waals surface area contributed by atoms with Crippen LogP contribution in [0, 0.1) is 0 Å². The highest BCUT2D eigenvalue weighted by atomic mass is 35.5. The van der Waals surface area contributed by atoms with Gasteiger partial charge in [0, 0.05) is 12.7 Å². The Bertz CT molecular complexity index is 223. The molecule has 1 unspecified atom stereocenters.